The summed E-state index contributed by atoms with van der Waals surface area (Å²) in [5, 5.41) is 19.0. The molecule has 17 heavy (non-hydrogen) atoms. The van der Waals surface area contributed by atoms with Crippen LogP contribution < -0.4 is 4.74 Å². The van der Waals surface area contributed by atoms with Gasteiger partial charge in [-0.1, -0.05) is 11.8 Å². The van der Waals surface area contributed by atoms with E-state index in [0.717, 1.165) is 10.6 Å². The van der Waals surface area contributed by atoms with Crippen LogP contribution in [-0.2, 0) is 0 Å². The fourth-order valence-electron chi connectivity index (χ4n) is 1.36. The van der Waals surface area contributed by atoms with E-state index in [1.165, 1.54) is 30.0 Å². The van der Waals surface area contributed by atoms with Crippen molar-refractivity contribution in [3.05, 3.63) is 42.5 Å². The average molecular weight is 248 g/mol. The molecular weight excluding hydrogens is 236 g/mol. The molecule has 0 aliphatic carbocycles. The molecule has 2 aromatic carbocycles. The number of phenols is 2. The van der Waals surface area contributed by atoms with Gasteiger partial charge >= 0.3 is 0 Å². The van der Waals surface area contributed by atoms with Crippen LogP contribution in [0.15, 0.2) is 52.3 Å². The molecule has 0 saturated heterocycles. The van der Waals surface area contributed by atoms with Crippen LogP contribution in [0.25, 0.3) is 0 Å². The van der Waals surface area contributed by atoms with E-state index in [1.54, 1.807) is 7.11 Å². The lowest BCUT2D eigenvalue weighted by Crippen LogP contribution is -1.81. The number of benzene rings is 2. The Kier molecular flexibility index (Phi) is 3.44. The first kappa shape index (κ1) is 11.7. The number of ether oxygens (including phenoxy) is 1. The van der Waals surface area contributed by atoms with E-state index in [2.05, 4.69) is 0 Å². The quantitative estimate of drug-likeness (QED) is 0.819. The minimum absolute atomic E-state index is 0.138. The van der Waals surface area contributed by atoms with Crippen LogP contribution in [0.5, 0.6) is 17.2 Å². The third-order valence-electron chi connectivity index (χ3n) is 2.23. The maximum atomic E-state index is 9.64. The monoisotopic (exact) mass is 248 g/mol. The second-order valence-electron chi connectivity index (χ2n) is 3.43. The molecule has 2 aromatic rings. The molecule has 0 heterocycles. The number of rotatable bonds is 3. The van der Waals surface area contributed by atoms with Gasteiger partial charge in [-0.2, -0.15) is 0 Å². The third-order valence-corrected chi connectivity index (χ3v) is 3.29. The second kappa shape index (κ2) is 5.01. The summed E-state index contributed by atoms with van der Waals surface area (Å²) >= 11 is 1.38. The summed E-state index contributed by atoms with van der Waals surface area (Å²) in [5.74, 6) is 1.08. The van der Waals surface area contributed by atoms with Crippen LogP contribution in [0, 0.1) is 0 Å². The van der Waals surface area contributed by atoms with Gasteiger partial charge in [0.1, 0.15) is 17.2 Å². The number of hydrogen-bond acceptors (Lipinski definition) is 4. The molecule has 2 N–H and O–H groups in total. The Bertz CT molecular complexity index is 509. The summed E-state index contributed by atoms with van der Waals surface area (Å²) in [4.78, 5) is 1.59. The summed E-state index contributed by atoms with van der Waals surface area (Å²) < 4.78 is 5.06. The summed E-state index contributed by atoms with van der Waals surface area (Å²) in [6.45, 7) is 0. The zero-order chi connectivity index (χ0) is 12.3. The Labute approximate surface area is 104 Å². The molecule has 0 saturated carbocycles. The van der Waals surface area contributed by atoms with E-state index >= 15 is 0 Å². The highest BCUT2D eigenvalue weighted by atomic mass is 32.2. The molecular formula is C13H12O3S. The van der Waals surface area contributed by atoms with Crippen molar-refractivity contribution >= 4 is 11.8 Å². The van der Waals surface area contributed by atoms with Gasteiger partial charge in [-0.05, 0) is 42.5 Å². The summed E-state index contributed by atoms with van der Waals surface area (Å²) in [5.41, 5.74) is 0. The van der Waals surface area contributed by atoms with Crippen LogP contribution in [0.1, 0.15) is 0 Å². The lowest BCUT2D eigenvalue weighted by atomic mass is 10.3. The number of hydrogen-bond donors (Lipinski definition) is 2. The first-order valence-electron chi connectivity index (χ1n) is 5.03. The zero-order valence-electron chi connectivity index (χ0n) is 9.25. The summed E-state index contributed by atoms with van der Waals surface area (Å²) in [6, 6.07) is 11.9. The lowest BCUT2D eigenvalue weighted by molar-refractivity contribution is 0.414. The number of aromatic hydroxyl groups is 2. The predicted molar refractivity (Wildman–Crippen MR) is 66.9 cm³/mol. The van der Waals surface area contributed by atoms with Crippen molar-refractivity contribution in [2.45, 2.75) is 9.79 Å². The van der Waals surface area contributed by atoms with Crippen molar-refractivity contribution in [3.63, 3.8) is 0 Å². The van der Waals surface area contributed by atoms with Crippen molar-refractivity contribution in [3.8, 4) is 17.2 Å². The molecule has 0 aromatic heterocycles. The van der Waals surface area contributed by atoms with Gasteiger partial charge in [0, 0.05) is 4.90 Å². The highest BCUT2D eigenvalue weighted by molar-refractivity contribution is 7.99. The van der Waals surface area contributed by atoms with Crippen molar-refractivity contribution in [2.24, 2.45) is 0 Å². The molecule has 88 valence electrons. The van der Waals surface area contributed by atoms with Gasteiger partial charge in [0.05, 0.1) is 12.0 Å². The minimum Gasteiger partial charge on any atom is -0.508 e. The zero-order valence-corrected chi connectivity index (χ0v) is 10.1. The normalized spacial score (nSPS) is 10.2. The molecule has 0 amide bonds. The number of phenolic OH excluding ortho intramolecular Hbond substituents is 2. The average Bonchev–Trinajstić information content (AvgIpc) is 2.35. The van der Waals surface area contributed by atoms with Gasteiger partial charge in [0.25, 0.3) is 0 Å². The van der Waals surface area contributed by atoms with Crippen LogP contribution in [-0.4, -0.2) is 17.3 Å². The molecule has 0 radical (unpaired) electrons. The molecule has 0 fully saturated rings. The lowest BCUT2D eigenvalue weighted by Gasteiger charge is -2.05. The van der Waals surface area contributed by atoms with E-state index in [1.807, 2.05) is 24.3 Å². The minimum atomic E-state index is 0.138. The fourth-order valence-corrected chi connectivity index (χ4v) is 2.23. The van der Waals surface area contributed by atoms with E-state index < -0.39 is 0 Å². The highest BCUT2D eigenvalue weighted by Crippen LogP contribution is 2.36. The van der Waals surface area contributed by atoms with Crippen molar-refractivity contribution in [1.82, 2.24) is 0 Å². The Morgan fingerprint density at radius 2 is 1.71 bits per heavy atom. The maximum Gasteiger partial charge on any atom is 0.129 e. The van der Waals surface area contributed by atoms with Crippen LogP contribution in [0.3, 0.4) is 0 Å². The van der Waals surface area contributed by atoms with E-state index in [-0.39, 0.29) is 11.5 Å². The molecule has 0 atom stereocenters. The molecule has 0 unspecified atom stereocenters. The highest BCUT2D eigenvalue weighted by Gasteiger charge is 2.04. The molecule has 0 spiro atoms. The molecule has 4 heteroatoms. The smallest absolute Gasteiger partial charge is 0.129 e. The Hall–Kier alpha value is -1.81. The van der Waals surface area contributed by atoms with Crippen molar-refractivity contribution < 1.29 is 14.9 Å². The van der Waals surface area contributed by atoms with Crippen LogP contribution in [0.2, 0.25) is 0 Å². The maximum absolute atomic E-state index is 9.64. The van der Waals surface area contributed by atoms with E-state index in [0.29, 0.717) is 4.90 Å². The topological polar surface area (TPSA) is 49.7 Å². The van der Waals surface area contributed by atoms with E-state index in [9.17, 15) is 10.2 Å². The van der Waals surface area contributed by atoms with Gasteiger partial charge in [0.2, 0.25) is 0 Å². The van der Waals surface area contributed by atoms with Gasteiger partial charge in [-0.25, -0.2) is 0 Å². The number of methoxy groups -OCH3 is 1. The largest absolute Gasteiger partial charge is 0.508 e. The first-order valence-corrected chi connectivity index (χ1v) is 5.84. The SMILES string of the molecule is COc1ccc(Sc2cc(O)ccc2O)cc1. The molecule has 0 bridgehead atoms. The first-order chi connectivity index (χ1) is 8.19. The van der Waals surface area contributed by atoms with Gasteiger partial charge in [-0.15, -0.1) is 0 Å². The third kappa shape index (κ3) is 2.85. The Morgan fingerprint density at radius 1 is 1.00 bits per heavy atom. The fraction of sp³-hybridized carbons (Fsp3) is 0.0769. The summed E-state index contributed by atoms with van der Waals surface area (Å²) in [7, 11) is 1.61. The standard InChI is InChI=1S/C13H12O3S/c1-16-10-3-5-11(6-4-10)17-13-8-9(14)2-7-12(13)15/h2-8,14-15H,1H3. The second-order valence-corrected chi connectivity index (χ2v) is 4.54. The summed E-state index contributed by atoms with van der Waals surface area (Å²) in [6.07, 6.45) is 0. The van der Waals surface area contributed by atoms with E-state index in [4.69, 9.17) is 4.74 Å². The molecule has 0 aliphatic heterocycles. The van der Waals surface area contributed by atoms with Gasteiger partial charge < -0.3 is 14.9 Å². The molecule has 2 rings (SSSR count). The van der Waals surface area contributed by atoms with Crippen LogP contribution in [0.4, 0.5) is 0 Å². The predicted octanol–water partition coefficient (Wildman–Crippen LogP) is 3.26. The Balaban J connectivity index is 2.22. The van der Waals surface area contributed by atoms with Crippen molar-refractivity contribution in [2.75, 3.05) is 7.11 Å². The molecule has 3 nitrogen and oxygen atoms in total. The van der Waals surface area contributed by atoms with Gasteiger partial charge in [0.15, 0.2) is 0 Å². The Morgan fingerprint density at radius 3 is 2.35 bits per heavy atom. The van der Waals surface area contributed by atoms with Gasteiger partial charge in [-0.3, -0.25) is 0 Å². The molecule has 0 aliphatic rings. The van der Waals surface area contributed by atoms with Crippen LogP contribution >= 0.6 is 11.8 Å². The van der Waals surface area contributed by atoms with Crippen molar-refractivity contribution in [1.29, 1.82) is 0 Å².